The number of piperidine rings is 1. The van der Waals surface area contributed by atoms with Crippen molar-refractivity contribution < 1.29 is 9.90 Å². The SMILES string of the molecule is O=C(O)c1cc(N2CCCCC2)n2nc(C3CC3)cc2n1. The predicted molar refractivity (Wildman–Crippen MR) is 78.0 cm³/mol. The Bertz CT molecular complexity index is 699. The number of anilines is 1. The van der Waals surface area contributed by atoms with Crippen LogP contribution in [0, 0.1) is 0 Å². The molecule has 21 heavy (non-hydrogen) atoms. The molecule has 2 aliphatic rings. The standard InChI is InChI=1S/C15H18N4O2/c20-15(21)12-9-14(18-6-2-1-3-7-18)19-13(16-12)8-11(17-19)10-4-5-10/h8-10H,1-7H2,(H,20,21). The van der Waals surface area contributed by atoms with Crippen molar-refractivity contribution in [3.8, 4) is 0 Å². The Morgan fingerprint density at radius 3 is 2.62 bits per heavy atom. The van der Waals surface area contributed by atoms with Gasteiger partial charge in [0.05, 0.1) is 5.69 Å². The number of hydrogen-bond donors (Lipinski definition) is 1. The van der Waals surface area contributed by atoms with E-state index in [1.807, 2.05) is 10.6 Å². The van der Waals surface area contributed by atoms with Crippen molar-refractivity contribution in [3.05, 3.63) is 23.5 Å². The van der Waals surface area contributed by atoms with Gasteiger partial charge in [-0.2, -0.15) is 9.61 Å². The number of rotatable bonds is 3. The zero-order valence-corrected chi connectivity index (χ0v) is 11.8. The molecular formula is C15H18N4O2. The highest BCUT2D eigenvalue weighted by Gasteiger charge is 2.28. The first-order valence-electron chi connectivity index (χ1n) is 7.61. The molecule has 2 aromatic heterocycles. The second-order valence-electron chi connectivity index (χ2n) is 5.97. The minimum absolute atomic E-state index is 0.102. The van der Waals surface area contributed by atoms with E-state index in [-0.39, 0.29) is 5.69 Å². The van der Waals surface area contributed by atoms with Crippen LogP contribution in [0.2, 0.25) is 0 Å². The van der Waals surface area contributed by atoms with Crippen molar-refractivity contribution in [2.45, 2.75) is 38.0 Å². The quantitative estimate of drug-likeness (QED) is 0.937. The summed E-state index contributed by atoms with van der Waals surface area (Å²) in [4.78, 5) is 17.8. The van der Waals surface area contributed by atoms with Crippen LogP contribution in [0.3, 0.4) is 0 Å². The van der Waals surface area contributed by atoms with Gasteiger partial charge in [-0.25, -0.2) is 9.78 Å². The Kier molecular flexibility index (Phi) is 2.83. The first kappa shape index (κ1) is 12.6. The average molecular weight is 286 g/mol. The number of aromatic carboxylic acids is 1. The van der Waals surface area contributed by atoms with Gasteiger partial charge < -0.3 is 10.0 Å². The number of carboxylic acid groups (broad SMARTS) is 1. The van der Waals surface area contributed by atoms with Gasteiger partial charge in [-0.1, -0.05) is 0 Å². The fourth-order valence-electron chi connectivity index (χ4n) is 3.01. The van der Waals surface area contributed by atoms with Crippen molar-refractivity contribution in [2.24, 2.45) is 0 Å². The van der Waals surface area contributed by atoms with Gasteiger partial charge in [0.25, 0.3) is 0 Å². The molecule has 0 radical (unpaired) electrons. The van der Waals surface area contributed by atoms with E-state index < -0.39 is 5.97 Å². The maximum atomic E-state index is 11.3. The first-order valence-corrected chi connectivity index (χ1v) is 7.61. The molecule has 6 nitrogen and oxygen atoms in total. The van der Waals surface area contributed by atoms with E-state index in [0.717, 1.165) is 37.4 Å². The molecule has 2 fully saturated rings. The third kappa shape index (κ3) is 2.24. The van der Waals surface area contributed by atoms with Crippen molar-refractivity contribution in [1.82, 2.24) is 14.6 Å². The Morgan fingerprint density at radius 2 is 1.95 bits per heavy atom. The molecule has 0 unspecified atom stereocenters. The fraction of sp³-hybridized carbons (Fsp3) is 0.533. The summed E-state index contributed by atoms with van der Waals surface area (Å²) in [6.07, 6.45) is 5.87. The van der Waals surface area contributed by atoms with Crippen molar-refractivity contribution in [1.29, 1.82) is 0 Å². The molecule has 3 heterocycles. The smallest absolute Gasteiger partial charge is 0.354 e. The van der Waals surface area contributed by atoms with Crippen LogP contribution in [-0.4, -0.2) is 38.8 Å². The molecular weight excluding hydrogens is 268 g/mol. The third-order valence-corrected chi connectivity index (χ3v) is 4.32. The molecule has 110 valence electrons. The number of nitrogens with zero attached hydrogens (tertiary/aromatic N) is 4. The molecule has 0 atom stereocenters. The number of aromatic nitrogens is 3. The van der Waals surface area contributed by atoms with E-state index in [1.165, 1.54) is 19.3 Å². The monoisotopic (exact) mass is 286 g/mol. The van der Waals surface area contributed by atoms with Gasteiger partial charge in [0.1, 0.15) is 5.82 Å². The van der Waals surface area contributed by atoms with Crippen LogP contribution in [0.5, 0.6) is 0 Å². The van der Waals surface area contributed by atoms with Gasteiger partial charge in [0, 0.05) is 31.1 Å². The molecule has 1 aliphatic heterocycles. The van der Waals surface area contributed by atoms with E-state index in [2.05, 4.69) is 15.0 Å². The molecule has 2 aromatic rings. The lowest BCUT2D eigenvalue weighted by molar-refractivity contribution is 0.0690. The lowest BCUT2D eigenvalue weighted by Crippen LogP contribution is -2.31. The second kappa shape index (κ2) is 4.72. The number of hydrogen-bond acceptors (Lipinski definition) is 4. The van der Waals surface area contributed by atoms with E-state index in [4.69, 9.17) is 0 Å². The van der Waals surface area contributed by atoms with Crippen LogP contribution in [0.25, 0.3) is 5.65 Å². The minimum atomic E-state index is -0.982. The molecule has 1 aliphatic carbocycles. The maximum absolute atomic E-state index is 11.3. The van der Waals surface area contributed by atoms with Crippen LogP contribution >= 0.6 is 0 Å². The van der Waals surface area contributed by atoms with Crippen molar-refractivity contribution >= 4 is 17.4 Å². The second-order valence-corrected chi connectivity index (χ2v) is 5.97. The van der Waals surface area contributed by atoms with Crippen LogP contribution in [0.15, 0.2) is 12.1 Å². The van der Waals surface area contributed by atoms with E-state index >= 15 is 0 Å². The van der Waals surface area contributed by atoms with Gasteiger partial charge in [-0.15, -0.1) is 0 Å². The highest BCUT2D eigenvalue weighted by molar-refractivity contribution is 5.87. The topological polar surface area (TPSA) is 70.7 Å². The van der Waals surface area contributed by atoms with E-state index in [1.54, 1.807) is 6.07 Å². The molecule has 6 heteroatoms. The summed E-state index contributed by atoms with van der Waals surface area (Å²) < 4.78 is 1.82. The van der Waals surface area contributed by atoms with Crippen LogP contribution in [-0.2, 0) is 0 Å². The van der Waals surface area contributed by atoms with Crippen LogP contribution in [0.4, 0.5) is 5.82 Å². The Labute approximate surface area is 122 Å². The van der Waals surface area contributed by atoms with Crippen LogP contribution in [0.1, 0.15) is 54.2 Å². The summed E-state index contributed by atoms with van der Waals surface area (Å²) in [5.41, 5.74) is 1.80. The predicted octanol–water partition coefficient (Wildman–Crippen LogP) is 2.30. The fourth-order valence-corrected chi connectivity index (χ4v) is 3.01. The van der Waals surface area contributed by atoms with E-state index in [9.17, 15) is 9.90 Å². The van der Waals surface area contributed by atoms with Crippen molar-refractivity contribution in [2.75, 3.05) is 18.0 Å². The summed E-state index contributed by atoms with van der Waals surface area (Å²) in [6.45, 7) is 1.91. The Balaban J connectivity index is 1.85. The lowest BCUT2D eigenvalue weighted by Gasteiger charge is -2.28. The van der Waals surface area contributed by atoms with Crippen molar-refractivity contribution in [3.63, 3.8) is 0 Å². The first-order chi connectivity index (χ1) is 10.2. The molecule has 0 aromatic carbocycles. The summed E-state index contributed by atoms with van der Waals surface area (Å²) in [5, 5.41) is 14.0. The molecule has 4 rings (SSSR count). The average Bonchev–Trinajstić information content (AvgIpc) is 3.26. The largest absolute Gasteiger partial charge is 0.477 e. The van der Waals surface area contributed by atoms with Gasteiger partial charge in [0.15, 0.2) is 11.3 Å². The Morgan fingerprint density at radius 1 is 1.19 bits per heavy atom. The van der Waals surface area contributed by atoms with Crippen LogP contribution < -0.4 is 4.90 Å². The zero-order chi connectivity index (χ0) is 14.4. The lowest BCUT2D eigenvalue weighted by atomic mass is 10.1. The summed E-state index contributed by atoms with van der Waals surface area (Å²) in [6, 6.07) is 3.60. The zero-order valence-electron chi connectivity index (χ0n) is 11.8. The molecule has 0 bridgehead atoms. The molecule has 1 N–H and O–H groups in total. The molecule has 0 spiro atoms. The molecule has 1 saturated carbocycles. The number of fused-ring (bicyclic) bond motifs is 1. The number of carboxylic acids is 1. The summed E-state index contributed by atoms with van der Waals surface area (Å²) in [5.74, 6) is 0.420. The molecule has 0 amide bonds. The number of carbonyl (C=O) groups is 1. The van der Waals surface area contributed by atoms with Gasteiger partial charge in [0.2, 0.25) is 0 Å². The molecule has 1 saturated heterocycles. The highest BCUT2D eigenvalue weighted by atomic mass is 16.4. The Hall–Kier alpha value is -2.11. The van der Waals surface area contributed by atoms with Gasteiger partial charge in [-0.3, -0.25) is 0 Å². The maximum Gasteiger partial charge on any atom is 0.354 e. The minimum Gasteiger partial charge on any atom is -0.477 e. The normalized spacial score (nSPS) is 19.1. The van der Waals surface area contributed by atoms with Gasteiger partial charge >= 0.3 is 5.97 Å². The highest BCUT2D eigenvalue weighted by Crippen LogP contribution is 2.39. The van der Waals surface area contributed by atoms with Gasteiger partial charge in [-0.05, 0) is 32.1 Å². The summed E-state index contributed by atoms with van der Waals surface area (Å²) in [7, 11) is 0. The summed E-state index contributed by atoms with van der Waals surface area (Å²) >= 11 is 0. The third-order valence-electron chi connectivity index (χ3n) is 4.32. The van der Waals surface area contributed by atoms with E-state index in [0.29, 0.717) is 11.6 Å².